The monoisotopic (exact) mass is 462 g/mol. The predicted molar refractivity (Wildman–Crippen MR) is 125 cm³/mol. The first-order chi connectivity index (χ1) is 15.3. The molecular formula is C23H31FN4O3S. The number of carbonyl (C=O) groups excluding carboxylic acids is 1. The topological polar surface area (TPSA) is 73.0 Å². The smallest absolute Gasteiger partial charge is 0.255 e. The highest BCUT2D eigenvalue weighted by Gasteiger charge is 2.27. The van der Waals surface area contributed by atoms with Crippen LogP contribution < -0.4 is 10.2 Å². The summed E-state index contributed by atoms with van der Waals surface area (Å²) < 4.78 is 41.2. The molecule has 0 radical (unpaired) electrons. The number of anilines is 2. The number of rotatable bonds is 8. The summed E-state index contributed by atoms with van der Waals surface area (Å²) in [5.74, 6) is -1.36. The van der Waals surface area contributed by atoms with Crippen LogP contribution in [-0.2, 0) is 10.0 Å². The lowest BCUT2D eigenvalue weighted by Crippen LogP contribution is -2.46. The minimum atomic E-state index is -4.03. The van der Waals surface area contributed by atoms with Crippen LogP contribution >= 0.6 is 0 Å². The molecule has 1 amide bonds. The minimum absolute atomic E-state index is 0.0859. The second kappa shape index (κ2) is 10.4. The lowest BCUT2D eigenvalue weighted by molar-refractivity contribution is 0.102. The molecule has 1 saturated heterocycles. The van der Waals surface area contributed by atoms with Crippen LogP contribution in [0.2, 0.25) is 0 Å². The van der Waals surface area contributed by atoms with Gasteiger partial charge in [-0.1, -0.05) is 32.9 Å². The van der Waals surface area contributed by atoms with E-state index >= 15 is 0 Å². The lowest BCUT2D eigenvalue weighted by Gasteiger charge is -2.36. The van der Waals surface area contributed by atoms with Crippen LogP contribution in [0.25, 0.3) is 0 Å². The van der Waals surface area contributed by atoms with E-state index in [2.05, 4.69) is 22.0 Å². The summed E-state index contributed by atoms with van der Waals surface area (Å²) in [6.07, 6.45) is 0. The average Bonchev–Trinajstić information content (AvgIpc) is 2.80. The Morgan fingerprint density at radius 2 is 1.69 bits per heavy atom. The molecule has 1 fully saturated rings. The maximum atomic E-state index is 14.4. The maximum absolute atomic E-state index is 14.4. The number of amides is 1. The number of benzene rings is 2. The Morgan fingerprint density at radius 3 is 2.31 bits per heavy atom. The van der Waals surface area contributed by atoms with Gasteiger partial charge in [-0.25, -0.2) is 12.8 Å². The Hall–Kier alpha value is -2.49. The Balaban J connectivity index is 1.85. The molecule has 0 aromatic heterocycles. The Kier molecular flexibility index (Phi) is 7.86. The molecule has 2 aromatic rings. The summed E-state index contributed by atoms with van der Waals surface area (Å²) in [7, 11) is -4.03. The Labute approximate surface area is 189 Å². The van der Waals surface area contributed by atoms with Gasteiger partial charge in [-0.2, -0.15) is 4.31 Å². The fourth-order valence-electron chi connectivity index (χ4n) is 3.90. The molecule has 0 aliphatic carbocycles. The molecule has 174 valence electrons. The first kappa shape index (κ1) is 24.2. The average molecular weight is 463 g/mol. The first-order valence-corrected chi connectivity index (χ1v) is 12.4. The van der Waals surface area contributed by atoms with Gasteiger partial charge in [-0.3, -0.25) is 4.79 Å². The highest BCUT2D eigenvalue weighted by molar-refractivity contribution is 7.89. The summed E-state index contributed by atoms with van der Waals surface area (Å²) in [4.78, 5) is 17.1. The SMILES string of the molecule is CCN1CCN(c2ccccc2NC(=O)c2ccc(F)c(S(=O)(=O)N(CC)CC)c2)CC1. The first-order valence-electron chi connectivity index (χ1n) is 11.0. The molecule has 1 aliphatic rings. The van der Waals surface area contributed by atoms with E-state index in [0.29, 0.717) is 5.69 Å². The molecule has 0 unspecified atom stereocenters. The minimum Gasteiger partial charge on any atom is -0.367 e. The lowest BCUT2D eigenvalue weighted by atomic mass is 10.1. The molecule has 1 N–H and O–H groups in total. The van der Waals surface area contributed by atoms with Crippen LogP contribution in [0.5, 0.6) is 0 Å². The van der Waals surface area contributed by atoms with Gasteiger partial charge in [0.15, 0.2) is 0 Å². The van der Waals surface area contributed by atoms with Crippen molar-refractivity contribution in [3.05, 3.63) is 53.8 Å². The second-order valence-electron chi connectivity index (χ2n) is 7.63. The van der Waals surface area contributed by atoms with Crippen molar-refractivity contribution < 1.29 is 17.6 Å². The number of sulfonamides is 1. The van der Waals surface area contributed by atoms with Crippen LogP contribution in [0.4, 0.5) is 15.8 Å². The van der Waals surface area contributed by atoms with E-state index < -0.39 is 26.6 Å². The fourth-order valence-corrected chi connectivity index (χ4v) is 5.45. The highest BCUT2D eigenvalue weighted by atomic mass is 32.2. The predicted octanol–water partition coefficient (Wildman–Crippen LogP) is 3.25. The maximum Gasteiger partial charge on any atom is 0.255 e. The molecule has 0 spiro atoms. The van der Waals surface area contributed by atoms with Crippen molar-refractivity contribution in [2.75, 3.05) is 56.0 Å². The molecule has 0 bridgehead atoms. The summed E-state index contributed by atoms with van der Waals surface area (Å²) >= 11 is 0. The van der Waals surface area contributed by atoms with Gasteiger partial charge in [0, 0.05) is 44.8 Å². The van der Waals surface area contributed by atoms with E-state index in [1.165, 1.54) is 10.4 Å². The standard InChI is InChI=1S/C23H31FN4O3S/c1-4-26-13-15-27(16-14-26)21-10-8-7-9-20(21)25-23(29)18-11-12-19(24)22(17-18)32(30,31)28(5-2)6-3/h7-12,17H,4-6,13-16H2,1-3H3,(H,25,29). The van der Waals surface area contributed by atoms with Gasteiger partial charge in [0.1, 0.15) is 10.7 Å². The molecule has 3 rings (SSSR count). The van der Waals surface area contributed by atoms with Gasteiger partial charge in [0.2, 0.25) is 10.0 Å². The van der Waals surface area contributed by atoms with Gasteiger partial charge < -0.3 is 15.1 Å². The van der Waals surface area contributed by atoms with Crippen molar-refractivity contribution in [2.45, 2.75) is 25.7 Å². The largest absolute Gasteiger partial charge is 0.367 e. The third-order valence-corrected chi connectivity index (χ3v) is 7.89. The van der Waals surface area contributed by atoms with Crippen molar-refractivity contribution in [1.29, 1.82) is 0 Å². The molecule has 0 saturated carbocycles. The molecule has 7 nitrogen and oxygen atoms in total. The number of nitrogens with one attached hydrogen (secondary N) is 1. The number of nitrogens with zero attached hydrogens (tertiary/aromatic N) is 3. The van der Waals surface area contributed by atoms with Crippen LogP contribution in [0, 0.1) is 5.82 Å². The van der Waals surface area contributed by atoms with Gasteiger partial charge in [-0.15, -0.1) is 0 Å². The summed E-state index contributed by atoms with van der Waals surface area (Å²) in [5.41, 5.74) is 1.64. The van der Waals surface area contributed by atoms with Gasteiger partial charge in [0.25, 0.3) is 5.91 Å². The summed E-state index contributed by atoms with van der Waals surface area (Å²) in [5, 5.41) is 2.88. The van der Waals surface area contributed by atoms with Gasteiger partial charge in [-0.05, 0) is 36.9 Å². The van der Waals surface area contributed by atoms with Crippen LogP contribution in [0.3, 0.4) is 0 Å². The number of para-hydroxylation sites is 2. The number of hydrogen-bond donors (Lipinski definition) is 1. The van der Waals surface area contributed by atoms with Crippen LogP contribution in [0.15, 0.2) is 47.4 Å². The zero-order chi connectivity index (χ0) is 23.3. The van der Waals surface area contributed by atoms with E-state index in [-0.39, 0.29) is 18.7 Å². The van der Waals surface area contributed by atoms with E-state index in [4.69, 9.17) is 0 Å². The van der Waals surface area contributed by atoms with Crippen molar-refractivity contribution in [2.24, 2.45) is 0 Å². The zero-order valence-electron chi connectivity index (χ0n) is 18.8. The van der Waals surface area contributed by atoms with Crippen LogP contribution in [-0.4, -0.2) is 69.3 Å². The van der Waals surface area contributed by atoms with Crippen LogP contribution in [0.1, 0.15) is 31.1 Å². The van der Waals surface area contributed by atoms with E-state index in [1.807, 2.05) is 24.3 Å². The molecule has 9 heteroatoms. The number of likely N-dealkylation sites (N-methyl/N-ethyl adjacent to an activating group) is 1. The quantitative estimate of drug-likeness (QED) is 0.652. The summed E-state index contributed by atoms with van der Waals surface area (Å²) in [6, 6.07) is 11.0. The van der Waals surface area contributed by atoms with Crippen molar-refractivity contribution in [1.82, 2.24) is 9.21 Å². The number of piperazine rings is 1. The molecule has 0 atom stereocenters. The number of hydrogen-bond acceptors (Lipinski definition) is 5. The normalized spacial score (nSPS) is 15.2. The van der Waals surface area contributed by atoms with E-state index in [1.54, 1.807) is 13.8 Å². The third-order valence-electron chi connectivity index (χ3n) is 5.83. The van der Waals surface area contributed by atoms with Gasteiger partial charge >= 0.3 is 0 Å². The fraction of sp³-hybridized carbons (Fsp3) is 0.435. The van der Waals surface area contributed by atoms with Crippen molar-refractivity contribution >= 4 is 27.3 Å². The van der Waals surface area contributed by atoms with Gasteiger partial charge in [0.05, 0.1) is 11.4 Å². The Morgan fingerprint density at radius 1 is 1.03 bits per heavy atom. The second-order valence-corrected chi connectivity index (χ2v) is 9.53. The summed E-state index contributed by atoms with van der Waals surface area (Å²) in [6.45, 7) is 10.6. The number of carbonyl (C=O) groups is 1. The molecule has 32 heavy (non-hydrogen) atoms. The Bertz CT molecular complexity index is 1050. The molecule has 2 aromatic carbocycles. The third kappa shape index (κ3) is 5.11. The van der Waals surface area contributed by atoms with Crippen molar-refractivity contribution in [3.8, 4) is 0 Å². The number of halogens is 1. The zero-order valence-corrected chi connectivity index (χ0v) is 19.7. The van der Waals surface area contributed by atoms with E-state index in [0.717, 1.165) is 50.5 Å². The molecule has 1 aliphatic heterocycles. The molecular weight excluding hydrogens is 431 g/mol. The molecule has 1 heterocycles. The highest BCUT2D eigenvalue weighted by Crippen LogP contribution is 2.28. The van der Waals surface area contributed by atoms with E-state index in [9.17, 15) is 17.6 Å². The van der Waals surface area contributed by atoms with Crippen molar-refractivity contribution in [3.63, 3.8) is 0 Å².